The molecule has 170 valence electrons. The van der Waals surface area contributed by atoms with E-state index >= 15 is 0 Å². The van der Waals surface area contributed by atoms with Crippen LogP contribution < -0.4 is 5.32 Å². The van der Waals surface area contributed by atoms with Crippen LogP contribution >= 0.6 is 0 Å². The van der Waals surface area contributed by atoms with E-state index in [0.717, 1.165) is 27.8 Å². The van der Waals surface area contributed by atoms with Crippen LogP contribution in [0.1, 0.15) is 16.7 Å². The van der Waals surface area contributed by atoms with Crippen LogP contribution in [-0.2, 0) is 27.2 Å². The normalized spacial score (nSPS) is 18.1. The van der Waals surface area contributed by atoms with Gasteiger partial charge in [-0.25, -0.2) is 0 Å². The third-order valence-corrected chi connectivity index (χ3v) is 6.09. The number of benzene rings is 2. The lowest BCUT2D eigenvalue weighted by Crippen LogP contribution is -2.61. The number of aryl methyl sites for hydroxylation is 1. The van der Waals surface area contributed by atoms with Gasteiger partial charge in [0.2, 0.25) is 5.91 Å². The first-order chi connectivity index (χ1) is 16.0. The maximum atomic E-state index is 13.1. The van der Waals surface area contributed by atoms with Crippen molar-refractivity contribution in [3.8, 4) is 11.1 Å². The van der Waals surface area contributed by atoms with Gasteiger partial charge < -0.3 is 15.0 Å². The number of pyridine rings is 1. The molecule has 0 unspecified atom stereocenters. The highest BCUT2D eigenvalue weighted by Gasteiger charge is 2.44. The fraction of sp³-hybridized carbons (Fsp3) is 0.296. The molecule has 3 aromatic rings. The Morgan fingerprint density at radius 1 is 1.03 bits per heavy atom. The molecule has 0 saturated carbocycles. The van der Waals surface area contributed by atoms with E-state index in [1.807, 2.05) is 61.5 Å². The van der Waals surface area contributed by atoms with Gasteiger partial charge in [0.15, 0.2) is 5.60 Å². The van der Waals surface area contributed by atoms with Crippen molar-refractivity contribution in [2.45, 2.75) is 25.4 Å². The Hall–Kier alpha value is -3.51. The lowest BCUT2D eigenvalue weighted by Gasteiger charge is -2.41. The molecule has 1 N–H and O–H groups in total. The molecule has 0 radical (unpaired) electrons. The summed E-state index contributed by atoms with van der Waals surface area (Å²) in [4.78, 5) is 31.9. The second kappa shape index (κ2) is 9.96. The third-order valence-electron chi connectivity index (χ3n) is 6.09. The highest BCUT2D eigenvalue weighted by atomic mass is 16.5. The highest BCUT2D eigenvalue weighted by molar-refractivity contribution is 5.87. The van der Waals surface area contributed by atoms with Gasteiger partial charge in [-0.15, -0.1) is 0 Å². The largest absolute Gasteiger partial charge is 0.361 e. The Bertz CT molecular complexity index is 1110. The zero-order chi connectivity index (χ0) is 23.3. The molecule has 6 heteroatoms. The van der Waals surface area contributed by atoms with Crippen molar-refractivity contribution in [1.29, 1.82) is 0 Å². The molecule has 1 aliphatic rings. The summed E-state index contributed by atoms with van der Waals surface area (Å²) in [6.07, 6.45) is 4.20. The number of rotatable bonds is 6. The molecule has 1 saturated heterocycles. The number of aromatic nitrogens is 1. The smallest absolute Gasteiger partial charge is 0.254 e. The van der Waals surface area contributed by atoms with Gasteiger partial charge in [-0.3, -0.25) is 14.6 Å². The Morgan fingerprint density at radius 2 is 1.79 bits per heavy atom. The Balaban J connectivity index is 1.55. The molecule has 0 aliphatic carbocycles. The SMILES string of the molecule is CNC(=O)[C@]1(Cc2cccc(-c3ccncc3)c2)CN(C(=O)Cc2ccc(C)cc2)CCO1. The van der Waals surface area contributed by atoms with Crippen LogP contribution in [0.25, 0.3) is 11.1 Å². The van der Waals surface area contributed by atoms with Crippen molar-refractivity contribution in [2.24, 2.45) is 0 Å². The predicted molar refractivity (Wildman–Crippen MR) is 128 cm³/mol. The number of nitrogens with zero attached hydrogens (tertiary/aromatic N) is 2. The molecular formula is C27H29N3O3. The van der Waals surface area contributed by atoms with Gasteiger partial charge in [0.05, 0.1) is 19.6 Å². The standard InChI is InChI=1S/C27H29N3O3/c1-20-6-8-21(9-7-20)17-25(31)30-14-15-33-27(19-30,26(32)28-2)18-22-4-3-5-24(16-22)23-10-12-29-13-11-23/h3-13,16H,14-15,17-19H2,1-2H3,(H,28,32)/t27-/m0/s1. The van der Waals surface area contributed by atoms with Crippen molar-refractivity contribution in [1.82, 2.24) is 15.2 Å². The minimum absolute atomic E-state index is 0.000896. The minimum Gasteiger partial charge on any atom is -0.361 e. The fourth-order valence-corrected chi connectivity index (χ4v) is 4.28. The second-order valence-electron chi connectivity index (χ2n) is 8.51. The van der Waals surface area contributed by atoms with Crippen LogP contribution in [0.4, 0.5) is 0 Å². The molecule has 1 atom stereocenters. The van der Waals surface area contributed by atoms with Gasteiger partial charge in [0.1, 0.15) is 0 Å². The van der Waals surface area contributed by atoms with Gasteiger partial charge in [0.25, 0.3) is 5.91 Å². The number of carbonyl (C=O) groups is 2. The molecule has 0 bridgehead atoms. The minimum atomic E-state index is -1.13. The molecule has 1 aliphatic heterocycles. The maximum absolute atomic E-state index is 13.1. The van der Waals surface area contributed by atoms with Crippen LogP contribution in [0, 0.1) is 6.92 Å². The summed E-state index contributed by atoms with van der Waals surface area (Å²) in [6.45, 7) is 3.03. The van der Waals surface area contributed by atoms with E-state index in [2.05, 4.69) is 16.4 Å². The number of ether oxygens (including phenoxy) is 1. The Morgan fingerprint density at radius 3 is 2.52 bits per heavy atom. The lowest BCUT2D eigenvalue weighted by atomic mass is 9.89. The molecule has 1 aromatic heterocycles. The topological polar surface area (TPSA) is 71.5 Å². The molecule has 2 aromatic carbocycles. The second-order valence-corrected chi connectivity index (χ2v) is 8.51. The first-order valence-corrected chi connectivity index (χ1v) is 11.2. The first kappa shape index (κ1) is 22.7. The number of likely N-dealkylation sites (N-methyl/N-ethyl adjacent to an activating group) is 1. The zero-order valence-electron chi connectivity index (χ0n) is 19.1. The van der Waals surface area contributed by atoms with Gasteiger partial charge in [-0.05, 0) is 41.3 Å². The quantitative estimate of drug-likeness (QED) is 0.635. The average molecular weight is 444 g/mol. The number of morpholine rings is 1. The molecular weight excluding hydrogens is 414 g/mol. The predicted octanol–water partition coefficient (Wildman–Crippen LogP) is 3.19. The summed E-state index contributed by atoms with van der Waals surface area (Å²) < 4.78 is 6.10. The van der Waals surface area contributed by atoms with E-state index < -0.39 is 5.60 Å². The highest BCUT2D eigenvalue weighted by Crippen LogP contribution is 2.27. The third kappa shape index (κ3) is 5.29. The summed E-state index contributed by atoms with van der Waals surface area (Å²) in [5.41, 5.74) is 4.07. The van der Waals surface area contributed by atoms with Crippen LogP contribution in [0.5, 0.6) is 0 Å². The van der Waals surface area contributed by atoms with Gasteiger partial charge in [0, 0.05) is 32.4 Å². The molecule has 0 spiro atoms. The van der Waals surface area contributed by atoms with E-state index in [4.69, 9.17) is 4.74 Å². The van der Waals surface area contributed by atoms with Gasteiger partial charge in [-0.1, -0.05) is 54.1 Å². The van der Waals surface area contributed by atoms with Crippen LogP contribution in [0.2, 0.25) is 0 Å². The number of nitrogens with one attached hydrogen (secondary N) is 1. The van der Waals surface area contributed by atoms with Crippen molar-refractivity contribution >= 4 is 11.8 Å². The average Bonchev–Trinajstić information content (AvgIpc) is 2.85. The summed E-state index contributed by atoms with van der Waals surface area (Å²) in [5, 5.41) is 2.75. The molecule has 1 fully saturated rings. The number of carbonyl (C=O) groups excluding carboxylic acids is 2. The molecule has 4 rings (SSSR count). The van der Waals surface area contributed by atoms with Crippen LogP contribution in [-0.4, -0.2) is 54.0 Å². The monoisotopic (exact) mass is 443 g/mol. The molecule has 2 amide bonds. The summed E-state index contributed by atoms with van der Waals surface area (Å²) in [7, 11) is 1.61. The van der Waals surface area contributed by atoms with E-state index in [1.165, 1.54) is 0 Å². The van der Waals surface area contributed by atoms with Gasteiger partial charge in [-0.2, -0.15) is 0 Å². The van der Waals surface area contributed by atoms with Crippen molar-refractivity contribution in [3.05, 3.63) is 89.7 Å². The molecule has 6 nitrogen and oxygen atoms in total. The Labute approximate surface area is 194 Å². The maximum Gasteiger partial charge on any atom is 0.254 e. The molecule has 2 heterocycles. The van der Waals surface area contributed by atoms with Crippen LogP contribution in [0.3, 0.4) is 0 Å². The molecule has 33 heavy (non-hydrogen) atoms. The lowest BCUT2D eigenvalue weighted by molar-refractivity contribution is -0.165. The van der Waals surface area contributed by atoms with E-state index in [-0.39, 0.29) is 18.4 Å². The van der Waals surface area contributed by atoms with Crippen LogP contribution in [0.15, 0.2) is 73.1 Å². The fourth-order valence-electron chi connectivity index (χ4n) is 4.28. The van der Waals surface area contributed by atoms with Crippen molar-refractivity contribution < 1.29 is 14.3 Å². The van der Waals surface area contributed by atoms with E-state index in [1.54, 1.807) is 24.3 Å². The summed E-state index contributed by atoms with van der Waals surface area (Å²) in [5.74, 6) is -0.217. The summed E-state index contributed by atoms with van der Waals surface area (Å²) >= 11 is 0. The van der Waals surface area contributed by atoms with Crippen molar-refractivity contribution in [2.75, 3.05) is 26.7 Å². The number of hydrogen-bond donors (Lipinski definition) is 1. The first-order valence-electron chi connectivity index (χ1n) is 11.2. The number of amides is 2. The van der Waals surface area contributed by atoms with Gasteiger partial charge >= 0.3 is 0 Å². The van der Waals surface area contributed by atoms with E-state index in [0.29, 0.717) is 26.0 Å². The van der Waals surface area contributed by atoms with Crippen molar-refractivity contribution in [3.63, 3.8) is 0 Å². The van der Waals surface area contributed by atoms with E-state index in [9.17, 15) is 9.59 Å². The number of hydrogen-bond acceptors (Lipinski definition) is 4. The Kier molecular flexibility index (Phi) is 6.84. The summed E-state index contributed by atoms with van der Waals surface area (Å²) in [6, 6.07) is 19.9. The zero-order valence-corrected chi connectivity index (χ0v) is 19.1.